The highest BCUT2D eigenvalue weighted by molar-refractivity contribution is 6.32. The summed E-state index contributed by atoms with van der Waals surface area (Å²) in [5, 5.41) is 6.16. The molecular weight excluding hydrogens is 328 g/mol. The summed E-state index contributed by atoms with van der Waals surface area (Å²) in [7, 11) is 0. The first kappa shape index (κ1) is 16.5. The summed E-state index contributed by atoms with van der Waals surface area (Å²) in [5.41, 5.74) is 2.90. The fourth-order valence-electron chi connectivity index (χ4n) is 2.44. The van der Waals surface area contributed by atoms with Gasteiger partial charge in [-0.05, 0) is 43.2 Å². The Hall–Kier alpha value is -2.40. The van der Waals surface area contributed by atoms with E-state index >= 15 is 0 Å². The molecule has 2 aromatic carbocycles. The van der Waals surface area contributed by atoms with E-state index in [4.69, 9.17) is 21.1 Å². The standard InChI is InChI=1S/C18H19ClN2O3/c1-12-2-4-14(5-3-12)21-18(22)20-7-6-13-10-15(19)17-16(11-13)23-8-9-24-17/h2-5,10-11H,6-9H2,1H3,(H2,20,21,22). The van der Waals surface area contributed by atoms with Crippen LogP contribution in [0.3, 0.4) is 0 Å². The summed E-state index contributed by atoms with van der Waals surface area (Å²) in [6, 6.07) is 11.2. The number of fused-ring (bicyclic) bond motifs is 1. The number of benzene rings is 2. The number of carbonyl (C=O) groups excluding carboxylic acids is 1. The van der Waals surface area contributed by atoms with Crippen LogP contribution in [0.15, 0.2) is 36.4 Å². The highest BCUT2D eigenvalue weighted by atomic mass is 35.5. The van der Waals surface area contributed by atoms with Crippen molar-refractivity contribution in [3.8, 4) is 11.5 Å². The van der Waals surface area contributed by atoms with E-state index in [9.17, 15) is 4.79 Å². The van der Waals surface area contributed by atoms with Gasteiger partial charge in [-0.25, -0.2) is 4.79 Å². The Labute approximate surface area is 145 Å². The predicted octanol–water partition coefficient (Wildman–Crippen LogP) is 3.78. The van der Waals surface area contributed by atoms with Gasteiger partial charge in [0.15, 0.2) is 11.5 Å². The lowest BCUT2D eigenvalue weighted by Gasteiger charge is -2.20. The number of amides is 2. The first-order chi connectivity index (χ1) is 11.6. The van der Waals surface area contributed by atoms with E-state index in [0.717, 1.165) is 16.8 Å². The fraction of sp³-hybridized carbons (Fsp3) is 0.278. The second-order valence-corrected chi connectivity index (χ2v) is 6.01. The lowest BCUT2D eigenvalue weighted by molar-refractivity contribution is 0.171. The number of aryl methyl sites for hydroxylation is 1. The highest BCUT2D eigenvalue weighted by Crippen LogP contribution is 2.38. The van der Waals surface area contributed by atoms with Crippen molar-refractivity contribution in [1.82, 2.24) is 5.32 Å². The van der Waals surface area contributed by atoms with Gasteiger partial charge in [0.2, 0.25) is 0 Å². The molecule has 0 aliphatic carbocycles. The van der Waals surface area contributed by atoms with Crippen LogP contribution in [0.4, 0.5) is 10.5 Å². The van der Waals surface area contributed by atoms with E-state index in [0.29, 0.717) is 42.7 Å². The maximum atomic E-state index is 11.9. The van der Waals surface area contributed by atoms with Crippen LogP contribution in [0, 0.1) is 6.92 Å². The molecular formula is C18H19ClN2O3. The highest BCUT2D eigenvalue weighted by Gasteiger charge is 2.16. The molecule has 2 N–H and O–H groups in total. The number of nitrogens with one attached hydrogen (secondary N) is 2. The molecule has 0 unspecified atom stereocenters. The van der Waals surface area contributed by atoms with Gasteiger partial charge in [0.1, 0.15) is 13.2 Å². The van der Waals surface area contributed by atoms with Crippen molar-refractivity contribution in [2.75, 3.05) is 25.1 Å². The third-order valence-electron chi connectivity index (χ3n) is 3.67. The van der Waals surface area contributed by atoms with Gasteiger partial charge in [-0.15, -0.1) is 0 Å². The van der Waals surface area contributed by atoms with Crippen molar-refractivity contribution in [3.05, 3.63) is 52.5 Å². The number of anilines is 1. The molecule has 1 aliphatic rings. The molecule has 0 saturated heterocycles. The third-order valence-corrected chi connectivity index (χ3v) is 3.95. The molecule has 3 rings (SSSR count). The Morgan fingerprint density at radius 2 is 1.92 bits per heavy atom. The SMILES string of the molecule is Cc1ccc(NC(=O)NCCc2cc(Cl)c3c(c2)OCCO3)cc1. The molecule has 0 radical (unpaired) electrons. The van der Waals surface area contributed by atoms with Crippen molar-refractivity contribution in [1.29, 1.82) is 0 Å². The van der Waals surface area contributed by atoms with Gasteiger partial charge in [0, 0.05) is 12.2 Å². The molecule has 0 fully saturated rings. The fourth-order valence-corrected chi connectivity index (χ4v) is 2.73. The molecule has 126 valence electrons. The maximum absolute atomic E-state index is 11.9. The molecule has 2 amide bonds. The van der Waals surface area contributed by atoms with E-state index in [1.165, 1.54) is 0 Å². The molecule has 0 bridgehead atoms. The maximum Gasteiger partial charge on any atom is 0.319 e. The van der Waals surface area contributed by atoms with Gasteiger partial charge >= 0.3 is 6.03 Å². The number of carbonyl (C=O) groups is 1. The van der Waals surface area contributed by atoms with Crippen LogP contribution in [-0.4, -0.2) is 25.8 Å². The summed E-state index contributed by atoms with van der Waals surface area (Å²) in [6.45, 7) is 3.52. The number of hydrogen-bond acceptors (Lipinski definition) is 3. The minimum atomic E-state index is -0.234. The summed E-state index contributed by atoms with van der Waals surface area (Å²) < 4.78 is 11.0. The molecule has 2 aromatic rings. The second-order valence-electron chi connectivity index (χ2n) is 5.60. The molecule has 0 saturated carbocycles. The molecule has 1 aliphatic heterocycles. The van der Waals surface area contributed by atoms with Crippen molar-refractivity contribution < 1.29 is 14.3 Å². The van der Waals surface area contributed by atoms with Crippen molar-refractivity contribution >= 4 is 23.3 Å². The Morgan fingerprint density at radius 1 is 1.17 bits per heavy atom. The summed E-state index contributed by atoms with van der Waals surface area (Å²) in [4.78, 5) is 11.9. The first-order valence-corrected chi connectivity index (χ1v) is 8.19. The van der Waals surface area contributed by atoms with E-state index in [1.807, 2.05) is 43.3 Å². The molecule has 6 heteroatoms. The second kappa shape index (κ2) is 7.45. The average Bonchev–Trinajstić information content (AvgIpc) is 2.57. The van der Waals surface area contributed by atoms with Crippen LogP contribution in [0.5, 0.6) is 11.5 Å². The number of hydrogen-bond donors (Lipinski definition) is 2. The van der Waals surface area contributed by atoms with Crippen LogP contribution in [-0.2, 0) is 6.42 Å². The van der Waals surface area contributed by atoms with Gasteiger partial charge in [0.25, 0.3) is 0 Å². The van der Waals surface area contributed by atoms with Crippen LogP contribution in [0.2, 0.25) is 5.02 Å². The smallest absolute Gasteiger partial charge is 0.319 e. The van der Waals surface area contributed by atoms with Gasteiger partial charge in [-0.1, -0.05) is 29.3 Å². The molecule has 5 nitrogen and oxygen atoms in total. The van der Waals surface area contributed by atoms with E-state index < -0.39 is 0 Å². The normalized spacial score (nSPS) is 12.6. The predicted molar refractivity (Wildman–Crippen MR) is 94.3 cm³/mol. The largest absolute Gasteiger partial charge is 0.486 e. The number of urea groups is 1. The number of halogens is 1. The van der Waals surface area contributed by atoms with Gasteiger partial charge in [0.05, 0.1) is 5.02 Å². The lowest BCUT2D eigenvalue weighted by Crippen LogP contribution is -2.30. The lowest BCUT2D eigenvalue weighted by atomic mass is 10.1. The summed E-state index contributed by atoms with van der Waals surface area (Å²) in [6.07, 6.45) is 0.650. The minimum absolute atomic E-state index is 0.234. The topological polar surface area (TPSA) is 59.6 Å². The minimum Gasteiger partial charge on any atom is -0.486 e. The van der Waals surface area contributed by atoms with Crippen LogP contribution in [0.25, 0.3) is 0 Å². The number of rotatable bonds is 4. The van der Waals surface area contributed by atoms with E-state index in [2.05, 4.69) is 10.6 Å². The van der Waals surface area contributed by atoms with E-state index in [1.54, 1.807) is 0 Å². The Morgan fingerprint density at radius 3 is 2.71 bits per heavy atom. The zero-order chi connectivity index (χ0) is 16.9. The summed E-state index contributed by atoms with van der Waals surface area (Å²) >= 11 is 6.20. The van der Waals surface area contributed by atoms with E-state index in [-0.39, 0.29) is 6.03 Å². The first-order valence-electron chi connectivity index (χ1n) is 7.81. The van der Waals surface area contributed by atoms with Crippen LogP contribution >= 0.6 is 11.6 Å². The van der Waals surface area contributed by atoms with Crippen molar-refractivity contribution in [2.45, 2.75) is 13.3 Å². The van der Waals surface area contributed by atoms with Gasteiger partial charge in [-0.3, -0.25) is 0 Å². The Bertz CT molecular complexity index is 732. The Balaban J connectivity index is 1.52. The van der Waals surface area contributed by atoms with Gasteiger partial charge < -0.3 is 20.1 Å². The van der Waals surface area contributed by atoms with Gasteiger partial charge in [-0.2, -0.15) is 0 Å². The average molecular weight is 347 g/mol. The monoisotopic (exact) mass is 346 g/mol. The zero-order valence-electron chi connectivity index (χ0n) is 13.4. The van der Waals surface area contributed by atoms with Crippen LogP contribution < -0.4 is 20.1 Å². The Kier molecular flexibility index (Phi) is 5.11. The zero-order valence-corrected chi connectivity index (χ0v) is 14.2. The quantitative estimate of drug-likeness (QED) is 0.885. The summed E-state index contributed by atoms with van der Waals surface area (Å²) in [5.74, 6) is 1.25. The molecule has 24 heavy (non-hydrogen) atoms. The molecule has 1 heterocycles. The van der Waals surface area contributed by atoms with Crippen molar-refractivity contribution in [2.24, 2.45) is 0 Å². The molecule has 0 spiro atoms. The molecule has 0 atom stereocenters. The third kappa shape index (κ3) is 4.11. The number of ether oxygens (including phenoxy) is 2. The van der Waals surface area contributed by atoms with Crippen LogP contribution in [0.1, 0.15) is 11.1 Å². The van der Waals surface area contributed by atoms with Crippen molar-refractivity contribution in [3.63, 3.8) is 0 Å². The molecule has 0 aromatic heterocycles.